The Hall–Kier alpha value is -2.15. The van der Waals surface area contributed by atoms with E-state index in [4.69, 9.17) is 23.2 Å². The average Bonchev–Trinajstić information content (AvgIpc) is 2.56. The normalized spacial score (nSPS) is 12.9. The third-order valence-corrected chi connectivity index (χ3v) is 4.59. The van der Waals surface area contributed by atoms with Crippen molar-refractivity contribution in [2.45, 2.75) is 13.0 Å². The number of rotatable bonds is 7. The minimum Gasteiger partial charge on any atom is -0.345 e. The Morgan fingerprint density at radius 3 is 2.44 bits per heavy atom. The van der Waals surface area contributed by atoms with Crippen molar-refractivity contribution >= 4 is 40.7 Å². The summed E-state index contributed by atoms with van der Waals surface area (Å²) < 4.78 is 13.1. The summed E-state index contributed by atoms with van der Waals surface area (Å²) in [6, 6.07) is 10.6. The van der Waals surface area contributed by atoms with Gasteiger partial charge in [0.05, 0.1) is 23.1 Å². The molecular weight excluding hydrogens is 392 g/mol. The van der Waals surface area contributed by atoms with Crippen molar-refractivity contribution in [3.63, 3.8) is 0 Å². The molecule has 0 heterocycles. The third-order valence-electron chi connectivity index (χ3n) is 3.85. The second-order valence-electron chi connectivity index (χ2n) is 6.33. The van der Waals surface area contributed by atoms with Crippen LogP contribution in [0.4, 0.5) is 10.1 Å². The molecule has 0 aliphatic rings. The Morgan fingerprint density at radius 1 is 1.07 bits per heavy atom. The van der Waals surface area contributed by atoms with Gasteiger partial charge in [0.2, 0.25) is 0 Å². The minimum atomic E-state index is -0.427. The lowest BCUT2D eigenvalue weighted by Gasteiger charge is -2.17. The third kappa shape index (κ3) is 6.82. The molecule has 0 aromatic heterocycles. The molecular formula is C19H21Cl2FN3O2+. The smallest absolute Gasteiger partial charge is 0.279 e. The van der Waals surface area contributed by atoms with Crippen LogP contribution < -0.4 is 15.5 Å². The molecule has 0 fully saturated rings. The molecule has 0 radical (unpaired) electrons. The largest absolute Gasteiger partial charge is 0.345 e. The lowest BCUT2D eigenvalue weighted by molar-refractivity contribution is -0.862. The minimum absolute atomic E-state index is 0.0745. The number of carbonyl (C=O) groups excluding carboxylic acids is 2. The van der Waals surface area contributed by atoms with Crippen LogP contribution in [0.5, 0.6) is 0 Å². The van der Waals surface area contributed by atoms with Crippen LogP contribution >= 0.6 is 23.2 Å². The van der Waals surface area contributed by atoms with Gasteiger partial charge in [-0.15, -0.1) is 0 Å². The number of anilines is 1. The molecule has 0 saturated carbocycles. The van der Waals surface area contributed by atoms with Gasteiger partial charge in [0.1, 0.15) is 5.82 Å². The van der Waals surface area contributed by atoms with Gasteiger partial charge in [0.15, 0.2) is 13.1 Å². The van der Waals surface area contributed by atoms with Gasteiger partial charge in [-0.2, -0.15) is 0 Å². The highest BCUT2D eigenvalue weighted by Crippen LogP contribution is 2.25. The first-order valence-electron chi connectivity index (χ1n) is 8.35. The lowest BCUT2D eigenvalue weighted by atomic mass is 10.1. The van der Waals surface area contributed by atoms with Crippen LogP contribution in [-0.2, 0) is 9.59 Å². The summed E-state index contributed by atoms with van der Waals surface area (Å²) in [5.74, 6) is -0.933. The Labute approximate surface area is 167 Å². The van der Waals surface area contributed by atoms with Crippen molar-refractivity contribution < 1.29 is 18.9 Å². The van der Waals surface area contributed by atoms with E-state index in [1.165, 1.54) is 18.2 Å². The van der Waals surface area contributed by atoms with E-state index >= 15 is 0 Å². The van der Waals surface area contributed by atoms with E-state index in [2.05, 4.69) is 10.6 Å². The molecule has 0 saturated heterocycles. The summed E-state index contributed by atoms with van der Waals surface area (Å²) in [7, 11) is 1.73. The summed E-state index contributed by atoms with van der Waals surface area (Å²) in [6.07, 6.45) is 0. The van der Waals surface area contributed by atoms with E-state index in [9.17, 15) is 14.0 Å². The van der Waals surface area contributed by atoms with Gasteiger partial charge < -0.3 is 15.5 Å². The zero-order chi connectivity index (χ0) is 20.0. The van der Waals surface area contributed by atoms with Gasteiger partial charge in [0, 0.05) is 5.69 Å². The Balaban J connectivity index is 1.82. The van der Waals surface area contributed by atoms with Crippen molar-refractivity contribution in [2.75, 3.05) is 25.5 Å². The highest BCUT2D eigenvalue weighted by atomic mass is 35.5. The lowest BCUT2D eigenvalue weighted by Crippen LogP contribution is -3.11. The van der Waals surface area contributed by atoms with Crippen molar-refractivity contribution in [1.82, 2.24) is 5.32 Å². The molecule has 1 unspecified atom stereocenters. The molecule has 27 heavy (non-hydrogen) atoms. The fourth-order valence-corrected chi connectivity index (χ4v) is 2.85. The molecule has 2 amide bonds. The zero-order valence-electron chi connectivity index (χ0n) is 15.0. The van der Waals surface area contributed by atoms with Crippen LogP contribution in [0.3, 0.4) is 0 Å². The first kappa shape index (κ1) is 21.2. The van der Waals surface area contributed by atoms with Gasteiger partial charge in [0.25, 0.3) is 11.8 Å². The van der Waals surface area contributed by atoms with E-state index in [0.29, 0.717) is 20.6 Å². The van der Waals surface area contributed by atoms with Crippen molar-refractivity contribution in [3.8, 4) is 0 Å². The first-order valence-corrected chi connectivity index (χ1v) is 9.11. The van der Waals surface area contributed by atoms with Gasteiger partial charge in [-0.25, -0.2) is 4.39 Å². The SMILES string of the molecule is C[C@@H](NC(=O)C[NH+](C)CC(=O)Nc1cccc(F)c1)c1ccc(Cl)c(Cl)c1. The number of amides is 2. The molecule has 0 aliphatic heterocycles. The standard InChI is InChI=1S/C19H20Cl2FN3O2/c1-12(13-6-7-16(20)17(21)8-13)23-18(26)10-25(2)11-19(27)24-15-5-3-4-14(22)9-15/h3-9,12H,10-11H2,1-2H3,(H,23,26)(H,24,27)/p+1/t12-/m1/s1. The van der Waals surface area contributed by atoms with Crippen LogP contribution in [0.2, 0.25) is 10.0 Å². The maximum absolute atomic E-state index is 13.1. The Kier molecular flexibility index (Phi) is 7.59. The predicted octanol–water partition coefficient (Wildman–Crippen LogP) is 2.46. The first-order chi connectivity index (χ1) is 12.7. The number of hydrogen-bond acceptors (Lipinski definition) is 2. The predicted molar refractivity (Wildman–Crippen MR) is 105 cm³/mol. The molecule has 2 aromatic rings. The Morgan fingerprint density at radius 2 is 1.78 bits per heavy atom. The Bertz CT molecular complexity index is 832. The number of benzene rings is 2. The fourth-order valence-electron chi connectivity index (χ4n) is 2.54. The highest BCUT2D eigenvalue weighted by Gasteiger charge is 2.17. The number of hydrogen-bond donors (Lipinski definition) is 3. The topological polar surface area (TPSA) is 62.6 Å². The maximum Gasteiger partial charge on any atom is 0.279 e. The number of quaternary nitrogens is 1. The molecule has 2 aromatic carbocycles. The van der Waals surface area contributed by atoms with Crippen molar-refractivity contribution in [3.05, 3.63) is 63.9 Å². The quantitative estimate of drug-likeness (QED) is 0.653. The number of halogens is 3. The molecule has 144 valence electrons. The van der Waals surface area contributed by atoms with Crippen LogP contribution in [-0.4, -0.2) is 32.0 Å². The van der Waals surface area contributed by atoms with E-state index in [1.54, 1.807) is 31.3 Å². The summed E-state index contributed by atoms with van der Waals surface area (Å²) in [4.78, 5) is 24.9. The van der Waals surface area contributed by atoms with E-state index < -0.39 is 5.82 Å². The van der Waals surface area contributed by atoms with E-state index in [-0.39, 0.29) is 30.9 Å². The summed E-state index contributed by atoms with van der Waals surface area (Å²) in [5.41, 5.74) is 1.21. The second-order valence-corrected chi connectivity index (χ2v) is 7.15. The van der Waals surface area contributed by atoms with Gasteiger partial charge in [-0.3, -0.25) is 9.59 Å². The van der Waals surface area contributed by atoms with Gasteiger partial charge in [-0.1, -0.05) is 35.3 Å². The number of nitrogens with one attached hydrogen (secondary N) is 3. The van der Waals surface area contributed by atoms with Crippen LogP contribution in [0, 0.1) is 5.82 Å². The van der Waals surface area contributed by atoms with E-state index in [1.807, 2.05) is 6.92 Å². The van der Waals surface area contributed by atoms with Crippen molar-refractivity contribution in [2.24, 2.45) is 0 Å². The van der Waals surface area contributed by atoms with Crippen LogP contribution in [0.1, 0.15) is 18.5 Å². The molecule has 2 atom stereocenters. The van der Waals surface area contributed by atoms with Gasteiger partial charge in [-0.05, 0) is 42.8 Å². The summed E-state index contributed by atoms with van der Waals surface area (Å²) >= 11 is 11.9. The maximum atomic E-state index is 13.1. The number of likely N-dealkylation sites (N-methyl/N-ethyl adjacent to an activating group) is 1. The molecule has 5 nitrogen and oxygen atoms in total. The number of carbonyl (C=O) groups is 2. The monoisotopic (exact) mass is 412 g/mol. The summed E-state index contributed by atoms with van der Waals surface area (Å²) in [5, 5.41) is 6.34. The molecule has 3 N–H and O–H groups in total. The highest BCUT2D eigenvalue weighted by molar-refractivity contribution is 6.42. The summed E-state index contributed by atoms with van der Waals surface area (Å²) in [6.45, 7) is 2.02. The van der Waals surface area contributed by atoms with Crippen molar-refractivity contribution in [1.29, 1.82) is 0 Å². The molecule has 8 heteroatoms. The molecule has 2 rings (SSSR count). The molecule has 0 aliphatic carbocycles. The van der Waals surface area contributed by atoms with Gasteiger partial charge >= 0.3 is 0 Å². The molecule has 0 bridgehead atoms. The van der Waals surface area contributed by atoms with Crippen LogP contribution in [0.25, 0.3) is 0 Å². The fraction of sp³-hybridized carbons (Fsp3) is 0.263. The van der Waals surface area contributed by atoms with Crippen LogP contribution in [0.15, 0.2) is 42.5 Å². The zero-order valence-corrected chi connectivity index (χ0v) is 16.5. The molecule has 0 spiro atoms. The second kappa shape index (κ2) is 9.69. The average molecular weight is 413 g/mol. The van der Waals surface area contributed by atoms with E-state index in [0.717, 1.165) is 5.56 Å².